The van der Waals surface area contributed by atoms with Crippen LogP contribution in [0.25, 0.3) is 0 Å². The van der Waals surface area contributed by atoms with E-state index in [1.165, 1.54) is 0 Å². The van der Waals surface area contributed by atoms with E-state index in [1.54, 1.807) is 13.8 Å². The number of carboxylic acids is 1. The van der Waals surface area contributed by atoms with Crippen LogP contribution in [0.1, 0.15) is 57.6 Å². The highest BCUT2D eigenvalue weighted by Gasteiger charge is 2.50. The Bertz CT molecular complexity index is 780. The summed E-state index contributed by atoms with van der Waals surface area (Å²) in [7, 11) is 0. The van der Waals surface area contributed by atoms with Crippen molar-refractivity contribution in [1.29, 1.82) is 0 Å². The summed E-state index contributed by atoms with van der Waals surface area (Å²) < 4.78 is 12.9. The van der Waals surface area contributed by atoms with Gasteiger partial charge in [0.1, 0.15) is 12.8 Å². The quantitative estimate of drug-likeness (QED) is 0.582. The maximum Gasteiger partial charge on any atom is 0.305 e. The predicted molar refractivity (Wildman–Crippen MR) is 107 cm³/mol. The Morgan fingerprint density at radius 3 is 2.48 bits per heavy atom. The van der Waals surface area contributed by atoms with Gasteiger partial charge in [-0.1, -0.05) is 57.1 Å². The summed E-state index contributed by atoms with van der Waals surface area (Å²) >= 11 is 0. The van der Waals surface area contributed by atoms with E-state index in [4.69, 9.17) is 9.94 Å². The van der Waals surface area contributed by atoms with E-state index in [1.807, 2.05) is 24.3 Å². The van der Waals surface area contributed by atoms with Crippen LogP contribution in [0.2, 0.25) is 0 Å². The number of halogens is 1. The van der Waals surface area contributed by atoms with Crippen LogP contribution >= 0.6 is 0 Å². The molecular formula is C21H29FN2O5. The van der Waals surface area contributed by atoms with Crippen molar-refractivity contribution in [2.45, 2.75) is 64.2 Å². The van der Waals surface area contributed by atoms with E-state index in [-0.39, 0.29) is 18.3 Å². The van der Waals surface area contributed by atoms with Crippen molar-refractivity contribution < 1.29 is 29.0 Å². The largest absolute Gasteiger partial charge is 0.481 e. The number of oxime groups is 1. The molecule has 0 fully saturated rings. The fraction of sp³-hybridized carbons (Fsp3) is 0.571. The maximum absolute atomic E-state index is 13.1. The molecule has 8 heteroatoms. The van der Waals surface area contributed by atoms with Crippen LogP contribution in [-0.4, -0.2) is 52.2 Å². The zero-order valence-electron chi connectivity index (χ0n) is 17.2. The number of carboxylic acid groups (broad SMARTS) is 1. The average Bonchev–Trinajstić information content (AvgIpc) is 3.13. The molecule has 7 nitrogen and oxygen atoms in total. The number of aliphatic hydroxyl groups excluding tert-OH is 1. The number of carbonyl (C=O) groups excluding carboxylic acids is 1. The van der Waals surface area contributed by atoms with Gasteiger partial charge in [0.15, 0.2) is 0 Å². The summed E-state index contributed by atoms with van der Waals surface area (Å²) in [6.45, 7) is 6.55. The van der Waals surface area contributed by atoms with Crippen molar-refractivity contribution in [1.82, 2.24) is 5.32 Å². The molecule has 160 valence electrons. The highest BCUT2D eigenvalue weighted by atomic mass is 19.1. The van der Waals surface area contributed by atoms with Gasteiger partial charge in [0.25, 0.3) is 5.91 Å². The van der Waals surface area contributed by atoms with E-state index < -0.39 is 42.7 Å². The molecule has 0 aromatic heterocycles. The smallest absolute Gasteiger partial charge is 0.305 e. The Morgan fingerprint density at radius 2 is 1.93 bits per heavy atom. The van der Waals surface area contributed by atoms with E-state index in [2.05, 4.69) is 24.3 Å². The normalized spacial score (nSPS) is 20.9. The second-order valence-electron chi connectivity index (χ2n) is 7.99. The number of aliphatic hydroxyl groups is 1. The van der Waals surface area contributed by atoms with E-state index >= 15 is 0 Å². The predicted octanol–water partition coefficient (Wildman–Crippen LogP) is 2.62. The van der Waals surface area contributed by atoms with Crippen molar-refractivity contribution >= 4 is 17.6 Å². The minimum atomic E-state index is -1.62. The lowest BCUT2D eigenvalue weighted by Gasteiger charge is -2.32. The van der Waals surface area contributed by atoms with Gasteiger partial charge in [-0.05, 0) is 11.5 Å². The van der Waals surface area contributed by atoms with Gasteiger partial charge in [0.05, 0.1) is 18.2 Å². The fourth-order valence-electron chi connectivity index (χ4n) is 3.42. The molecule has 1 aromatic rings. The van der Waals surface area contributed by atoms with Gasteiger partial charge < -0.3 is 20.4 Å². The lowest BCUT2D eigenvalue weighted by molar-refractivity contribution is -0.152. The molecule has 2 rings (SSSR count). The molecular weight excluding hydrogens is 379 g/mol. The molecule has 1 aliphatic rings. The minimum absolute atomic E-state index is 0.186. The first-order chi connectivity index (χ1) is 13.6. The molecule has 3 atom stereocenters. The molecule has 2 unspecified atom stereocenters. The van der Waals surface area contributed by atoms with Crippen molar-refractivity contribution in [3.8, 4) is 0 Å². The first-order valence-corrected chi connectivity index (χ1v) is 9.73. The number of nitrogens with zero attached hydrogens (tertiary/aromatic N) is 1. The summed E-state index contributed by atoms with van der Waals surface area (Å²) in [6.07, 6.45) is -2.04. The van der Waals surface area contributed by atoms with Crippen LogP contribution in [0.4, 0.5) is 4.39 Å². The highest BCUT2D eigenvalue weighted by molar-refractivity contribution is 6.06. The minimum Gasteiger partial charge on any atom is -0.481 e. The first-order valence-electron chi connectivity index (χ1n) is 9.73. The van der Waals surface area contributed by atoms with Gasteiger partial charge in [-0.25, -0.2) is 4.39 Å². The molecule has 3 N–H and O–H groups in total. The monoisotopic (exact) mass is 408 g/mol. The average molecular weight is 408 g/mol. The molecule has 29 heavy (non-hydrogen) atoms. The van der Waals surface area contributed by atoms with Crippen LogP contribution in [0.5, 0.6) is 0 Å². The van der Waals surface area contributed by atoms with Crippen molar-refractivity contribution in [2.75, 3.05) is 6.67 Å². The molecule has 0 aliphatic carbocycles. The zero-order chi connectivity index (χ0) is 21.8. The lowest BCUT2D eigenvalue weighted by Crippen LogP contribution is -2.56. The molecule has 1 heterocycles. The Balaban J connectivity index is 2.28. The Hall–Kier alpha value is -2.48. The van der Waals surface area contributed by atoms with Gasteiger partial charge in [-0.2, -0.15) is 0 Å². The molecule has 0 bridgehead atoms. The van der Waals surface area contributed by atoms with E-state index in [9.17, 15) is 19.1 Å². The summed E-state index contributed by atoms with van der Waals surface area (Å²) in [6, 6.07) is 6.48. The number of benzene rings is 1. The van der Waals surface area contributed by atoms with Gasteiger partial charge in [-0.15, -0.1) is 0 Å². The fourth-order valence-corrected chi connectivity index (χ4v) is 3.42. The molecule has 0 saturated heterocycles. The van der Waals surface area contributed by atoms with Crippen LogP contribution < -0.4 is 5.32 Å². The molecule has 1 aliphatic heterocycles. The Morgan fingerprint density at radius 1 is 1.28 bits per heavy atom. The number of rotatable bonds is 9. The van der Waals surface area contributed by atoms with Gasteiger partial charge in [0.2, 0.25) is 5.60 Å². The second kappa shape index (κ2) is 9.35. The number of amides is 1. The molecule has 0 saturated carbocycles. The van der Waals surface area contributed by atoms with Crippen molar-refractivity contribution in [2.24, 2.45) is 11.1 Å². The van der Waals surface area contributed by atoms with E-state index in [0.29, 0.717) is 5.71 Å². The van der Waals surface area contributed by atoms with Gasteiger partial charge in [0, 0.05) is 17.9 Å². The number of nitrogens with one attached hydrogen (secondary N) is 1. The number of aliphatic carboxylic acids is 1. The van der Waals surface area contributed by atoms with Gasteiger partial charge in [-0.3, -0.25) is 9.59 Å². The highest BCUT2D eigenvalue weighted by Crippen LogP contribution is 2.36. The molecule has 0 spiro atoms. The van der Waals surface area contributed by atoms with Crippen LogP contribution in [-0.2, 0) is 14.4 Å². The number of alkyl halides is 1. The van der Waals surface area contributed by atoms with Gasteiger partial charge >= 0.3 is 5.97 Å². The summed E-state index contributed by atoms with van der Waals surface area (Å²) in [5.74, 6) is -1.93. The number of carbonyl (C=O) groups is 2. The van der Waals surface area contributed by atoms with E-state index in [0.717, 1.165) is 11.1 Å². The third-order valence-corrected chi connectivity index (χ3v) is 5.29. The van der Waals surface area contributed by atoms with Crippen LogP contribution in [0.3, 0.4) is 0 Å². The second-order valence-corrected chi connectivity index (χ2v) is 7.99. The topological polar surface area (TPSA) is 108 Å². The lowest BCUT2D eigenvalue weighted by atomic mass is 9.82. The third kappa shape index (κ3) is 4.93. The first kappa shape index (κ1) is 22.8. The van der Waals surface area contributed by atoms with Crippen LogP contribution in [0, 0.1) is 5.92 Å². The SMILES string of the molecule is CC(C)c1ccccc1C1=NO[C@@](C(=O)NC(CC(=O)O)C(O)CF)(C(C)C)C1. The Labute approximate surface area is 169 Å². The standard InChI is InChI=1S/C21H29FN2O5/c1-12(2)14-7-5-6-8-15(14)17-10-21(13(3)4,29-24-17)20(28)23-16(9-19(26)27)18(25)11-22/h5-8,12-13,16,18,25H,9-11H2,1-4H3,(H,23,28)(H,26,27)/t16?,18?,21-/m1/s1. The van der Waals surface area contributed by atoms with Crippen LogP contribution in [0.15, 0.2) is 29.4 Å². The molecule has 1 aromatic carbocycles. The molecule has 1 amide bonds. The van der Waals surface area contributed by atoms with Crippen molar-refractivity contribution in [3.63, 3.8) is 0 Å². The summed E-state index contributed by atoms with van der Waals surface area (Å²) in [5, 5.41) is 25.4. The summed E-state index contributed by atoms with van der Waals surface area (Å²) in [4.78, 5) is 29.8. The summed E-state index contributed by atoms with van der Waals surface area (Å²) in [5.41, 5.74) is 1.22. The van der Waals surface area contributed by atoms with Crippen molar-refractivity contribution in [3.05, 3.63) is 35.4 Å². The zero-order valence-corrected chi connectivity index (χ0v) is 17.2. The number of hydrogen-bond acceptors (Lipinski definition) is 5. The number of hydrogen-bond donors (Lipinski definition) is 3. The third-order valence-electron chi connectivity index (χ3n) is 5.29. The maximum atomic E-state index is 13.1. The molecule has 0 radical (unpaired) electrons. The Kier molecular flexibility index (Phi) is 7.35.